The van der Waals surface area contributed by atoms with Crippen LogP contribution in [0, 0.1) is 5.92 Å². The van der Waals surface area contributed by atoms with Gasteiger partial charge in [-0.15, -0.1) is 13.2 Å². The number of benzene rings is 2. The van der Waals surface area contributed by atoms with Crippen molar-refractivity contribution in [3.63, 3.8) is 0 Å². The molecule has 1 aliphatic rings. The van der Waals surface area contributed by atoms with Gasteiger partial charge in [-0.05, 0) is 76.7 Å². The fraction of sp³-hybridized carbons (Fsp3) is 0.483. The van der Waals surface area contributed by atoms with Crippen LogP contribution in [0.25, 0.3) is 0 Å². The summed E-state index contributed by atoms with van der Waals surface area (Å²) >= 11 is 0. The molecule has 0 unspecified atom stereocenters. The lowest BCUT2D eigenvalue weighted by Gasteiger charge is -2.31. The summed E-state index contributed by atoms with van der Waals surface area (Å²) in [6.07, 6.45) is 4.53. The van der Waals surface area contributed by atoms with Crippen molar-refractivity contribution < 1.29 is 19.0 Å². The lowest BCUT2D eigenvalue weighted by Crippen LogP contribution is -2.37. The van der Waals surface area contributed by atoms with Crippen molar-refractivity contribution in [1.82, 2.24) is 4.90 Å². The normalized spacial score (nSPS) is 13.9. The molecule has 2 aromatic rings. The van der Waals surface area contributed by atoms with Crippen LogP contribution >= 0.6 is 0 Å². The summed E-state index contributed by atoms with van der Waals surface area (Å²) in [5.41, 5.74) is 2.11. The molecule has 1 saturated heterocycles. The summed E-state index contributed by atoms with van der Waals surface area (Å²) < 4.78 is 15.9. The van der Waals surface area contributed by atoms with E-state index in [0.717, 1.165) is 50.8 Å². The zero-order chi connectivity index (χ0) is 25.0. The minimum Gasteiger partial charge on any atom is -0.492 e. The standard InChI is InChI=1S/C21H25NO2.C6H14O2.C2H4/c23-17-20-7-4-8-21(16-20)24-14-13-22-11-9-19(10-12-22)15-18-5-2-1-3-6-18;1-4-7-6(3)8-5-2;1-2/h1-8,16-17,19H,9-15H2;6H,4-5H2,1-3H3;1-2H2. The van der Waals surface area contributed by atoms with Crippen LogP contribution in [0.3, 0.4) is 0 Å². The molecule has 34 heavy (non-hydrogen) atoms. The third-order valence-electron chi connectivity index (χ3n) is 5.55. The molecule has 0 bridgehead atoms. The Morgan fingerprint density at radius 2 is 1.65 bits per heavy atom. The van der Waals surface area contributed by atoms with E-state index in [4.69, 9.17) is 14.2 Å². The van der Waals surface area contributed by atoms with Gasteiger partial charge in [0.05, 0.1) is 0 Å². The van der Waals surface area contributed by atoms with Gasteiger partial charge in [0.15, 0.2) is 6.29 Å². The summed E-state index contributed by atoms with van der Waals surface area (Å²) in [6, 6.07) is 18.1. The summed E-state index contributed by atoms with van der Waals surface area (Å²) in [5, 5.41) is 0. The summed E-state index contributed by atoms with van der Waals surface area (Å²) in [5.74, 6) is 1.58. The van der Waals surface area contributed by atoms with E-state index in [2.05, 4.69) is 48.4 Å². The molecule has 0 aromatic heterocycles. The highest BCUT2D eigenvalue weighted by Crippen LogP contribution is 2.21. The second kappa shape index (κ2) is 18.9. The molecule has 1 aliphatic heterocycles. The lowest BCUT2D eigenvalue weighted by atomic mass is 9.90. The Morgan fingerprint density at radius 1 is 1.00 bits per heavy atom. The molecule has 3 rings (SSSR count). The molecule has 1 heterocycles. The van der Waals surface area contributed by atoms with Gasteiger partial charge in [-0.25, -0.2) is 0 Å². The smallest absolute Gasteiger partial charge is 0.154 e. The first-order valence-electron chi connectivity index (χ1n) is 12.3. The van der Waals surface area contributed by atoms with Gasteiger partial charge < -0.3 is 14.2 Å². The van der Waals surface area contributed by atoms with E-state index in [1.165, 1.54) is 24.8 Å². The van der Waals surface area contributed by atoms with Crippen LogP contribution in [-0.4, -0.2) is 56.9 Å². The number of carbonyl (C=O) groups is 1. The second-order valence-corrected chi connectivity index (χ2v) is 7.99. The first kappa shape index (κ1) is 29.6. The molecule has 0 N–H and O–H groups in total. The van der Waals surface area contributed by atoms with Gasteiger partial charge in [0, 0.05) is 25.3 Å². The minimum absolute atomic E-state index is 0.0370. The van der Waals surface area contributed by atoms with E-state index in [1.54, 1.807) is 12.1 Å². The molecule has 0 aliphatic carbocycles. The van der Waals surface area contributed by atoms with Gasteiger partial charge in [-0.1, -0.05) is 42.5 Å². The van der Waals surface area contributed by atoms with Crippen LogP contribution in [-0.2, 0) is 15.9 Å². The van der Waals surface area contributed by atoms with Crippen molar-refractivity contribution in [2.75, 3.05) is 39.5 Å². The number of likely N-dealkylation sites (tertiary alicyclic amines) is 1. The van der Waals surface area contributed by atoms with E-state index in [9.17, 15) is 4.79 Å². The van der Waals surface area contributed by atoms with Crippen molar-refractivity contribution in [2.45, 2.75) is 46.3 Å². The molecule has 0 atom stereocenters. The Labute approximate surface area is 206 Å². The second-order valence-electron chi connectivity index (χ2n) is 7.99. The highest BCUT2D eigenvalue weighted by Gasteiger charge is 2.19. The van der Waals surface area contributed by atoms with Gasteiger partial charge in [0.1, 0.15) is 18.6 Å². The molecule has 0 radical (unpaired) electrons. The molecular weight excluding hydrogens is 426 g/mol. The maximum absolute atomic E-state index is 10.8. The van der Waals surface area contributed by atoms with Gasteiger partial charge >= 0.3 is 0 Å². The average Bonchev–Trinajstić information content (AvgIpc) is 2.88. The molecule has 1 fully saturated rings. The SMILES string of the molecule is C=C.CCOC(C)OCC.O=Cc1cccc(OCCN2CCC(Cc3ccccc3)CC2)c1. The van der Waals surface area contributed by atoms with Gasteiger partial charge in [-0.3, -0.25) is 9.69 Å². The Morgan fingerprint density at radius 3 is 2.24 bits per heavy atom. The average molecular weight is 470 g/mol. The first-order valence-corrected chi connectivity index (χ1v) is 12.3. The number of hydrogen-bond donors (Lipinski definition) is 0. The van der Waals surface area contributed by atoms with Crippen molar-refractivity contribution in [1.29, 1.82) is 0 Å². The Bertz CT molecular complexity index is 754. The predicted molar refractivity (Wildman–Crippen MR) is 141 cm³/mol. The predicted octanol–water partition coefficient (Wildman–Crippen LogP) is 6.04. The molecule has 0 spiro atoms. The van der Waals surface area contributed by atoms with E-state index in [1.807, 2.05) is 32.9 Å². The first-order chi connectivity index (χ1) is 16.6. The number of hydrogen-bond acceptors (Lipinski definition) is 5. The van der Waals surface area contributed by atoms with E-state index < -0.39 is 0 Å². The third kappa shape index (κ3) is 12.7. The highest BCUT2D eigenvalue weighted by molar-refractivity contribution is 5.75. The Balaban J connectivity index is 0.000000493. The fourth-order valence-electron chi connectivity index (χ4n) is 3.85. The summed E-state index contributed by atoms with van der Waals surface area (Å²) in [6.45, 7) is 17.2. The van der Waals surface area contributed by atoms with Crippen LogP contribution < -0.4 is 4.74 Å². The van der Waals surface area contributed by atoms with Gasteiger partial charge in [0.25, 0.3) is 0 Å². The minimum atomic E-state index is -0.0370. The van der Waals surface area contributed by atoms with Crippen LogP contribution in [0.5, 0.6) is 5.75 Å². The zero-order valence-corrected chi connectivity index (χ0v) is 21.3. The quantitative estimate of drug-likeness (QED) is 0.228. The number of aldehydes is 1. The molecular formula is C29H43NO4. The molecule has 0 saturated carbocycles. The van der Waals surface area contributed by atoms with Crippen LogP contribution in [0.4, 0.5) is 0 Å². The number of nitrogens with zero attached hydrogens (tertiary/aromatic N) is 1. The van der Waals surface area contributed by atoms with Crippen LogP contribution in [0.2, 0.25) is 0 Å². The number of piperidine rings is 1. The zero-order valence-electron chi connectivity index (χ0n) is 21.3. The van der Waals surface area contributed by atoms with Crippen LogP contribution in [0.1, 0.15) is 49.5 Å². The van der Waals surface area contributed by atoms with Gasteiger partial charge in [-0.2, -0.15) is 0 Å². The fourth-order valence-corrected chi connectivity index (χ4v) is 3.85. The molecule has 5 nitrogen and oxygen atoms in total. The number of rotatable bonds is 11. The molecule has 0 amide bonds. The molecule has 5 heteroatoms. The third-order valence-corrected chi connectivity index (χ3v) is 5.55. The molecule has 2 aromatic carbocycles. The van der Waals surface area contributed by atoms with Crippen LogP contribution in [0.15, 0.2) is 67.8 Å². The van der Waals surface area contributed by atoms with E-state index in [-0.39, 0.29) is 6.29 Å². The van der Waals surface area contributed by atoms with Crippen molar-refractivity contribution in [3.8, 4) is 5.75 Å². The van der Waals surface area contributed by atoms with E-state index >= 15 is 0 Å². The number of carbonyl (C=O) groups excluding carboxylic acids is 1. The maximum Gasteiger partial charge on any atom is 0.154 e. The van der Waals surface area contributed by atoms with Crippen molar-refractivity contribution in [2.24, 2.45) is 5.92 Å². The lowest BCUT2D eigenvalue weighted by molar-refractivity contribution is -0.123. The van der Waals surface area contributed by atoms with Crippen molar-refractivity contribution >= 4 is 6.29 Å². The number of ether oxygens (including phenoxy) is 3. The summed E-state index contributed by atoms with van der Waals surface area (Å²) in [4.78, 5) is 13.3. The Hall–Kier alpha value is -2.47. The topological polar surface area (TPSA) is 48.0 Å². The Kier molecular flexibility index (Phi) is 16.4. The van der Waals surface area contributed by atoms with E-state index in [0.29, 0.717) is 12.2 Å². The monoisotopic (exact) mass is 469 g/mol. The summed E-state index contributed by atoms with van der Waals surface area (Å²) in [7, 11) is 0. The maximum atomic E-state index is 10.8. The van der Waals surface area contributed by atoms with Gasteiger partial charge in [0.2, 0.25) is 0 Å². The largest absolute Gasteiger partial charge is 0.492 e. The van der Waals surface area contributed by atoms with Crippen molar-refractivity contribution in [3.05, 3.63) is 78.9 Å². The molecule has 188 valence electrons. The highest BCUT2D eigenvalue weighted by atomic mass is 16.7.